The van der Waals surface area contributed by atoms with Gasteiger partial charge in [-0.2, -0.15) is 18.2 Å². The van der Waals surface area contributed by atoms with E-state index in [0.717, 1.165) is 0 Å². The van der Waals surface area contributed by atoms with Crippen LogP contribution in [0.25, 0.3) is 0 Å². The average Bonchev–Trinajstić information content (AvgIpc) is 2.71. The minimum Gasteiger partial charge on any atom is -0.439 e. The molecule has 0 atom stereocenters. The second-order valence-corrected chi connectivity index (χ2v) is 3.75. The maximum absolute atomic E-state index is 11.8. The lowest BCUT2D eigenvalue weighted by Gasteiger charge is -2.07. The molecule has 1 heterocycles. The van der Waals surface area contributed by atoms with Crippen molar-refractivity contribution in [2.45, 2.75) is 25.9 Å². The molecule has 0 aliphatic rings. The van der Waals surface area contributed by atoms with Gasteiger partial charge in [0.05, 0.1) is 0 Å². The van der Waals surface area contributed by atoms with Crippen LogP contribution in [-0.2, 0) is 4.79 Å². The van der Waals surface area contributed by atoms with Gasteiger partial charge in [0.1, 0.15) is 6.54 Å². The molecule has 1 aromatic heterocycles. The minimum atomic E-state index is -4.45. The molecule has 0 aromatic carbocycles. The summed E-state index contributed by atoms with van der Waals surface area (Å²) in [4.78, 5) is 14.8. The zero-order valence-corrected chi connectivity index (χ0v) is 9.74. The van der Waals surface area contributed by atoms with Gasteiger partial charge in [0.15, 0.2) is 12.4 Å². The second kappa shape index (κ2) is 5.69. The highest BCUT2D eigenvalue weighted by atomic mass is 19.4. The molecule has 1 amide bonds. The van der Waals surface area contributed by atoms with Crippen molar-refractivity contribution in [2.24, 2.45) is 0 Å². The highest BCUT2D eigenvalue weighted by molar-refractivity contribution is 5.77. The largest absolute Gasteiger partial charge is 0.439 e. The number of nitrogens with one attached hydrogen (secondary N) is 1. The van der Waals surface area contributed by atoms with E-state index < -0.39 is 25.2 Å². The second-order valence-electron chi connectivity index (χ2n) is 3.75. The Morgan fingerprint density at radius 2 is 2.17 bits per heavy atom. The van der Waals surface area contributed by atoms with Gasteiger partial charge in [-0.3, -0.25) is 9.32 Å². The van der Waals surface area contributed by atoms with E-state index in [-0.39, 0.29) is 12.0 Å². The van der Waals surface area contributed by atoms with Crippen molar-refractivity contribution in [1.82, 2.24) is 15.5 Å². The van der Waals surface area contributed by atoms with Gasteiger partial charge in [0.2, 0.25) is 0 Å². The summed E-state index contributed by atoms with van der Waals surface area (Å²) in [6.45, 7) is 1.63. The van der Waals surface area contributed by atoms with E-state index in [4.69, 9.17) is 4.74 Å². The zero-order chi connectivity index (χ0) is 13.8. The van der Waals surface area contributed by atoms with E-state index in [1.807, 2.05) is 13.8 Å². The van der Waals surface area contributed by atoms with Crippen LogP contribution >= 0.6 is 0 Å². The van der Waals surface area contributed by atoms with Crippen molar-refractivity contribution in [1.29, 1.82) is 0 Å². The first-order valence-electron chi connectivity index (χ1n) is 5.08. The van der Waals surface area contributed by atoms with E-state index in [9.17, 15) is 18.0 Å². The van der Waals surface area contributed by atoms with Gasteiger partial charge in [0, 0.05) is 5.92 Å². The molecule has 0 spiro atoms. The van der Waals surface area contributed by atoms with E-state index in [1.165, 1.54) is 0 Å². The fourth-order valence-electron chi connectivity index (χ4n) is 0.890. The summed E-state index contributed by atoms with van der Waals surface area (Å²) in [6, 6.07) is 0. The van der Waals surface area contributed by atoms with Crippen LogP contribution in [0.4, 0.5) is 13.2 Å². The van der Waals surface area contributed by atoms with Gasteiger partial charge >= 0.3 is 12.3 Å². The number of aromatic nitrogens is 2. The number of hydrogen-bond donors (Lipinski definition) is 1. The van der Waals surface area contributed by atoms with Gasteiger partial charge in [-0.15, -0.1) is 0 Å². The quantitative estimate of drug-likeness (QED) is 0.868. The highest BCUT2D eigenvalue weighted by Crippen LogP contribution is 2.14. The maximum atomic E-state index is 11.8. The van der Waals surface area contributed by atoms with Crippen molar-refractivity contribution in [3.8, 4) is 6.08 Å². The molecule has 0 bridgehead atoms. The first kappa shape index (κ1) is 14.3. The summed E-state index contributed by atoms with van der Waals surface area (Å²) in [6.07, 6.45) is -4.70. The van der Waals surface area contributed by atoms with Crippen molar-refractivity contribution >= 4 is 5.91 Å². The molecule has 1 aromatic rings. The first-order chi connectivity index (χ1) is 8.28. The first-order valence-corrected chi connectivity index (χ1v) is 5.08. The molecular formula is C9H12F3N3O3. The van der Waals surface area contributed by atoms with Crippen LogP contribution < -0.4 is 10.1 Å². The molecule has 0 radical (unpaired) electrons. The maximum Gasteiger partial charge on any atom is 0.417 e. The molecule has 0 saturated carbocycles. The van der Waals surface area contributed by atoms with E-state index in [2.05, 4.69) is 14.7 Å². The number of halogens is 3. The number of carbonyl (C=O) groups is 1. The van der Waals surface area contributed by atoms with Crippen LogP contribution in [0.3, 0.4) is 0 Å². The predicted molar refractivity (Wildman–Crippen MR) is 52.9 cm³/mol. The van der Waals surface area contributed by atoms with E-state index in [0.29, 0.717) is 5.82 Å². The number of hydrogen-bond acceptors (Lipinski definition) is 5. The monoisotopic (exact) mass is 267 g/mol. The van der Waals surface area contributed by atoms with Crippen LogP contribution in [0, 0.1) is 0 Å². The molecule has 6 nitrogen and oxygen atoms in total. The van der Waals surface area contributed by atoms with Crippen LogP contribution in [0.2, 0.25) is 0 Å². The lowest BCUT2D eigenvalue weighted by Crippen LogP contribution is -2.36. The van der Waals surface area contributed by atoms with Crippen molar-refractivity contribution in [3.63, 3.8) is 0 Å². The molecule has 0 aliphatic carbocycles. The lowest BCUT2D eigenvalue weighted by molar-refractivity contribution is -0.139. The highest BCUT2D eigenvalue weighted by Gasteiger charge is 2.27. The lowest BCUT2D eigenvalue weighted by atomic mass is 10.2. The van der Waals surface area contributed by atoms with Crippen molar-refractivity contribution in [2.75, 3.05) is 13.2 Å². The van der Waals surface area contributed by atoms with Crippen LogP contribution in [0.5, 0.6) is 6.08 Å². The Balaban J connectivity index is 2.33. The SMILES string of the molecule is CC(C)c1noc(OCC(=O)NCC(F)(F)F)n1. The topological polar surface area (TPSA) is 77.2 Å². The summed E-state index contributed by atoms with van der Waals surface area (Å²) in [7, 11) is 0. The molecule has 1 N–H and O–H groups in total. The number of amides is 1. The summed E-state index contributed by atoms with van der Waals surface area (Å²) < 4.78 is 44.7. The smallest absolute Gasteiger partial charge is 0.417 e. The summed E-state index contributed by atoms with van der Waals surface area (Å²) in [5, 5.41) is 5.20. The summed E-state index contributed by atoms with van der Waals surface area (Å²) in [5.41, 5.74) is 0. The van der Waals surface area contributed by atoms with Gasteiger partial charge in [-0.25, -0.2) is 0 Å². The third-order valence-corrected chi connectivity index (χ3v) is 1.75. The zero-order valence-electron chi connectivity index (χ0n) is 9.74. The summed E-state index contributed by atoms with van der Waals surface area (Å²) in [5.74, 6) is -0.512. The van der Waals surface area contributed by atoms with Gasteiger partial charge in [0.25, 0.3) is 5.91 Å². The third-order valence-electron chi connectivity index (χ3n) is 1.75. The Bertz CT molecular complexity index is 403. The van der Waals surface area contributed by atoms with Gasteiger partial charge in [-0.05, 0) is 0 Å². The Hall–Kier alpha value is -1.80. The van der Waals surface area contributed by atoms with Crippen molar-refractivity contribution < 1.29 is 27.2 Å². The Kier molecular flexibility index (Phi) is 4.51. The van der Waals surface area contributed by atoms with E-state index >= 15 is 0 Å². The molecule has 9 heteroatoms. The normalized spacial score (nSPS) is 11.7. The molecule has 0 aliphatic heterocycles. The fraction of sp³-hybridized carbons (Fsp3) is 0.667. The predicted octanol–water partition coefficient (Wildman–Crippen LogP) is 1.25. The van der Waals surface area contributed by atoms with Crippen LogP contribution in [-0.4, -0.2) is 35.4 Å². The minimum absolute atomic E-state index is 0.0187. The standard InChI is InChI=1S/C9H12F3N3O3/c1-5(2)7-14-8(18-15-7)17-3-6(16)13-4-9(10,11)12/h5H,3-4H2,1-2H3,(H,13,16). The molecule has 102 valence electrons. The molecule has 18 heavy (non-hydrogen) atoms. The Labute approximate surface area is 100 Å². The average molecular weight is 267 g/mol. The van der Waals surface area contributed by atoms with Gasteiger partial charge in [-0.1, -0.05) is 19.0 Å². The molecule has 0 saturated heterocycles. The third kappa shape index (κ3) is 5.02. The molecule has 0 unspecified atom stereocenters. The Morgan fingerprint density at radius 1 is 1.50 bits per heavy atom. The molecular weight excluding hydrogens is 255 g/mol. The number of rotatable bonds is 5. The van der Waals surface area contributed by atoms with Gasteiger partial charge < -0.3 is 10.1 Å². The number of ether oxygens (including phenoxy) is 1. The fourth-order valence-corrected chi connectivity index (χ4v) is 0.890. The Morgan fingerprint density at radius 3 is 2.67 bits per heavy atom. The summed E-state index contributed by atoms with van der Waals surface area (Å²) >= 11 is 0. The number of nitrogens with zero attached hydrogens (tertiary/aromatic N) is 2. The van der Waals surface area contributed by atoms with Crippen molar-refractivity contribution in [3.05, 3.63) is 5.82 Å². The molecule has 0 fully saturated rings. The molecule has 1 rings (SSSR count). The number of alkyl halides is 3. The van der Waals surface area contributed by atoms with E-state index in [1.54, 1.807) is 5.32 Å². The van der Waals surface area contributed by atoms with Crippen LogP contribution in [0.15, 0.2) is 4.52 Å². The number of carbonyl (C=O) groups excluding carboxylic acids is 1. The van der Waals surface area contributed by atoms with Crippen LogP contribution in [0.1, 0.15) is 25.6 Å².